The summed E-state index contributed by atoms with van der Waals surface area (Å²) >= 11 is 13.1. The molecular formula is C11H15Cl3N2OS. The van der Waals surface area contributed by atoms with Gasteiger partial charge >= 0.3 is 0 Å². The number of carbonyl (C=O) groups excluding carboxylic acids is 1. The molecule has 0 bridgehead atoms. The third-order valence-electron chi connectivity index (χ3n) is 3.06. The predicted octanol–water partition coefficient (Wildman–Crippen LogP) is 3.30. The monoisotopic (exact) mass is 328 g/mol. The Kier molecular flexibility index (Phi) is 6.21. The molecule has 2 heterocycles. The molecule has 1 amide bonds. The summed E-state index contributed by atoms with van der Waals surface area (Å²) in [6.07, 6.45) is 1.97. The maximum atomic E-state index is 12.2. The van der Waals surface area contributed by atoms with Crippen molar-refractivity contribution in [1.82, 2.24) is 10.2 Å². The molecule has 0 aliphatic carbocycles. The third kappa shape index (κ3) is 3.52. The largest absolute Gasteiger partial charge is 0.339 e. The third-order valence-corrected chi connectivity index (χ3v) is 4.55. The lowest BCUT2D eigenvalue weighted by Gasteiger charge is -2.31. The fraction of sp³-hybridized carbons (Fsp3) is 0.545. The standard InChI is InChI=1S/C11H14Cl2N2OS.ClH/c1-15(7-2-4-14-5-3-7)11(16)8-6-9(12)17-10(8)13;/h6-7,14H,2-5H2,1H3;1H. The van der Waals surface area contributed by atoms with Crippen LogP contribution < -0.4 is 5.32 Å². The molecule has 0 unspecified atom stereocenters. The molecule has 102 valence electrons. The maximum absolute atomic E-state index is 12.2. The normalized spacial score (nSPS) is 16.2. The average Bonchev–Trinajstić information content (AvgIpc) is 2.68. The van der Waals surface area contributed by atoms with Crippen molar-refractivity contribution in [1.29, 1.82) is 0 Å². The Morgan fingerprint density at radius 3 is 2.56 bits per heavy atom. The van der Waals surface area contributed by atoms with Gasteiger partial charge < -0.3 is 10.2 Å². The summed E-state index contributed by atoms with van der Waals surface area (Å²) in [6.45, 7) is 1.92. The van der Waals surface area contributed by atoms with Crippen molar-refractivity contribution in [3.05, 3.63) is 20.3 Å². The molecule has 0 spiro atoms. The molecule has 1 saturated heterocycles. The van der Waals surface area contributed by atoms with E-state index in [1.54, 1.807) is 11.0 Å². The van der Waals surface area contributed by atoms with Crippen LogP contribution in [0.25, 0.3) is 0 Å². The fourth-order valence-electron chi connectivity index (χ4n) is 2.04. The number of halogens is 3. The lowest BCUT2D eigenvalue weighted by atomic mass is 10.0. The minimum atomic E-state index is -0.0370. The Bertz CT molecular complexity index is 418. The average molecular weight is 330 g/mol. The summed E-state index contributed by atoms with van der Waals surface area (Å²) in [7, 11) is 1.83. The molecular weight excluding hydrogens is 315 g/mol. The maximum Gasteiger partial charge on any atom is 0.256 e. The molecule has 1 aliphatic rings. The molecule has 1 fully saturated rings. The lowest BCUT2D eigenvalue weighted by molar-refractivity contribution is 0.0704. The highest BCUT2D eigenvalue weighted by Gasteiger charge is 2.25. The van der Waals surface area contributed by atoms with Crippen molar-refractivity contribution in [2.75, 3.05) is 20.1 Å². The molecule has 1 aliphatic heterocycles. The zero-order chi connectivity index (χ0) is 12.4. The Hall–Kier alpha value is -0.000000000000000167. The molecule has 0 radical (unpaired) electrons. The molecule has 0 atom stereocenters. The minimum Gasteiger partial charge on any atom is -0.339 e. The Balaban J connectivity index is 0.00000162. The van der Waals surface area contributed by atoms with E-state index in [-0.39, 0.29) is 18.3 Å². The van der Waals surface area contributed by atoms with Gasteiger partial charge in [-0.25, -0.2) is 0 Å². The predicted molar refractivity (Wildman–Crippen MR) is 79.6 cm³/mol. The van der Waals surface area contributed by atoms with Crippen LogP contribution in [0.1, 0.15) is 23.2 Å². The van der Waals surface area contributed by atoms with E-state index < -0.39 is 0 Å². The minimum absolute atomic E-state index is 0. The second-order valence-electron chi connectivity index (χ2n) is 4.14. The van der Waals surface area contributed by atoms with Gasteiger partial charge in [0.25, 0.3) is 5.91 Å². The van der Waals surface area contributed by atoms with Crippen molar-refractivity contribution in [2.45, 2.75) is 18.9 Å². The van der Waals surface area contributed by atoms with Crippen LogP contribution >= 0.6 is 46.9 Å². The van der Waals surface area contributed by atoms with Crippen molar-refractivity contribution in [3.63, 3.8) is 0 Å². The van der Waals surface area contributed by atoms with E-state index in [4.69, 9.17) is 23.2 Å². The number of carbonyl (C=O) groups is 1. The number of nitrogens with zero attached hydrogens (tertiary/aromatic N) is 1. The van der Waals surface area contributed by atoms with E-state index in [0.717, 1.165) is 25.9 Å². The Labute approximate surface area is 127 Å². The molecule has 3 nitrogen and oxygen atoms in total. The number of thiophene rings is 1. The van der Waals surface area contributed by atoms with Gasteiger partial charge in [0.2, 0.25) is 0 Å². The quantitative estimate of drug-likeness (QED) is 0.903. The number of rotatable bonds is 2. The van der Waals surface area contributed by atoms with Crippen LogP contribution in [0.2, 0.25) is 8.67 Å². The lowest BCUT2D eigenvalue weighted by Crippen LogP contribution is -2.43. The van der Waals surface area contributed by atoms with Crippen molar-refractivity contribution < 1.29 is 4.79 Å². The molecule has 1 N–H and O–H groups in total. The van der Waals surface area contributed by atoms with Gasteiger partial charge in [0.05, 0.1) is 9.90 Å². The van der Waals surface area contributed by atoms with Crippen LogP contribution in [0.5, 0.6) is 0 Å². The SMILES string of the molecule is CN(C(=O)c1cc(Cl)sc1Cl)C1CCNCC1.Cl. The molecule has 0 saturated carbocycles. The zero-order valence-corrected chi connectivity index (χ0v) is 13.1. The van der Waals surface area contributed by atoms with Gasteiger partial charge in [-0.15, -0.1) is 23.7 Å². The van der Waals surface area contributed by atoms with Crippen LogP contribution in [-0.4, -0.2) is 37.0 Å². The van der Waals surface area contributed by atoms with Crippen molar-refractivity contribution >= 4 is 52.9 Å². The highest BCUT2D eigenvalue weighted by molar-refractivity contribution is 7.20. The first-order chi connectivity index (χ1) is 8.09. The molecule has 18 heavy (non-hydrogen) atoms. The Morgan fingerprint density at radius 1 is 1.44 bits per heavy atom. The summed E-state index contributed by atoms with van der Waals surface area (Å²) in [5, 5.41) is 3.28. The Morgan fingerprint density at radius 2 is 2.06 bits per heavy atom. The number of amides is 1. The molecule has 0 aromatic carbocycles. The molecule has 2 rings (SSSR count). The van der Waals surface area contributed by atoms with Gasteiger partial charge in [-0.05, 0) is 32.0 Å². The number of nitrogens with one attached hydrogen (secondary N) is 1. The van der Waals surface area contributed by atoms with E-state index in [1.165, 1.54) is 11.3 Å². The summed E-state index contributed by atoms with van der Waals surface area (Å²) in [5.41, 5.74) is 0.516. The topological polar surface area (TPSA) is 32.3 Å². The second-order valence-corrected chi connectivity index (χ2v) is 6.42. The van der Waals surface area contributed by atoms with E-state index in [2.05, 4.69) is 5.32 Å². The van der Waals surface area contributed by atoms with Gasteiger partial charge in [-0.3, -0.25) is 4.79 Å². The van der Waals surface area contributed by atoms with Gasteiger partial charge in [-0.1, -0.05) is 23.2 Å². The van der Waals surface area contributed by atoms with E-state index in [1.807, 2.05) is 7.05 Å². The van der Waals surface area contributed by atoms with Crippen LogP contribution in [0.3, 0.4) is 0 Å². The van der Waals surface area contributed by atoms with Gasteiger partial charge in [0, 0.05) is 13.1 Å². The number of hydrogen-bond donors (Lipinski definition) is 1. The van der Waals surface area contributed by atoms with Gasteiger partial charge in [-0.2, -0.15) is 0 Å². The molecule has 1 aromatic heterocycles. The molecule has 1 aromatic rings. The zero-order valence-electron chi connectivity index (χ0n) is 9.91. The number of hydrogen-bond acceptors (Lipinski definition) is 3. The summed E-state index contributed by atoms with van der Waals surface area (Å²) in [5.74, 6) is -0.0370. The van der Waals surface area contributed by atoms with Crippen molar-refractivity contribution in [2.24, 2.45) is 0 Å². The van der Waals surface area contributed by atoms with Crippen LogP contribution in [-0.2, 0) is 0 Å². The fourth-order valence-corrected chi connectivity index (χ4v) is 3.48. The smallest absolute Gasteiger partial charge is 0.256 e. The second kappa shape index (κ2) is 6.96. The first-order valence-electron chi connectivity index (χ1n) is 5.52. The first kappa shape index (κ1) is 16.1. The van der Waals surface area contributed by atoms with Crippen LogP contribution in [0.4, 0.5) is 0 Å². The summed E-state index contributed by atoms with van der Waals surface area (Å²) < 4.78 is 1.03. The first-order valence-corrected chi connectivity index (χ1v) is 7.09. The van der Waals surface area contributed by atoms with Crippen LogP contribution in [0, 0.1) is 0 Å². The summed E-state index contributed by atoms with van der Waals surface area (Å²) in [4.78, 5) is 14.0. The van der Waals surface area contributed by atoms with Crippen LogP contribution in [0.15, 0.2) is 6.07 Å². The van der Waals surface area contributed by atoms with E-state index in [9.17, 15) is 4.79 Å². The molecule has 7 heteroatoms. The van der Waals surface area contributed by atoms with E-state index >= 15 is 0 Å². The highest BCUT2D eigenvalue weighted by atomic mass is 35.5. The van der Waals surface area contributed by atoms with Gasteiger partial charge in [0.1, 0.15) is 4.34 Å². The number of piperidine rings is 1. The van der Waals surface area contributed by atoms with Crippen molar-refractivity contribution in [3.8, 4) is 0 Å². The van der Waals surface area contributed by atoms with E-state index in [0.29, 0.717) is 20.3 Å². The highest BCUT2D eigenvalue weighted by Crippen LogP contribution is 2.32. The summed E-state index contributed by atoms with van der Waals surface area (Å²) in [6, 6.07) is 1.94. The van der Waals surface area contributed by atoms with Gasteiger partial charge in [0.15, 0.2) is 0 Å².